The van der Waals surface area contributed by atoms with Crippen LogP contribution in [0.1, 0.15) is 62.4 Å². The molecule has 0 N–H and O–H groups in total. The van der Waals surface area contributed by atoms with Crippen LogP contribution in [0.4, 0.5) is 0 Å². The highest BCUT2D eigenvalue weighted by Gasteiger charge is 2.37. The Labute approximate surface area is 217 Å². The van der Waals surface area contributed by atoms with Crippen LogP contribution in [0.5, 0.6) is 11.5 Å². The molecule has 5 nitrogen and oxygen atoms in total. The molecule has 6 heteroatoms. The molecule has 2 aromatic carbocycles. The van der Waals surface area contributed by atoms with Crippen molar-refractivity contribution in [2.24, 2.45) is 12.0 Å². The van der Waals surface area contributed by atoms with Gasteiger partial charge in [0.25, 0.3) is 0 Å². The summed E-state index contributed by atoms with van der Waals surface area (Å²) in [5.74, 6) is 1.61. The Hall–Kier alpha value is -2.57. The minimum Gasteiger partial charge on any atom is -0.497 e. The topological polar surface area (TPSA) is 45.0 Å². The fourth-order valence-corrected chi connectivity index (χ4v) is 5.58. The zero-order valence-electron chi connectivity index (χ0n) is 23.3. The largest absolute Gasteiger partial charge is 0.497 e. The second-order valence-electron chi connectivity index (χ2n) is 11.5. The van der Waals surface area contributed by atoms with Gasteiger partial charge in [-0.05, 0) is 85.3 Å². The molecule has 0 radical (unpaired) electrons. The lowest BCUT2D eigenvalue weighted by Gasteiger charge is -2.36. The van der Waals surface area contributed by atoms with Crippen molar-refractivity contribution < 1.29 is 13.9 Å². The molecule has 1 heterocycles. The molecule has 36 heavy (non-hydrogen) atoms. The highest BCUT2D eigenvalue weighted by molar-refractivity contribution is 6.74. The molecule has 1 aromatic heterocycles. The monoisotopic (exact) mass is 506 g/mol. The molecule has 4 rings (SSSR count). The Morgan fingerprint density at radius 2 is 1.72 bits per heavy atom. The average Bonchev–Trinajstić information content (AvgIpc) is 3.01. The standard InChI is InChI=1S/C30H42N2O3Si/c1-30(2,3)36(7,8)35-20-24-15-23-16-26-21(17-28(23)32(24)4)11-9-10-12-27(26)31-19-22-13-14-25(33-5)18-29(22)34-6/h13-18H,9-12,19-20H2,1-8H3/b31-27+. The second kappa shape index (κ2) is 10.4. The number of methoxy groups -OCH3 is 2. The normalized spacial score (nSPS) is 15.7. The van der Waals surface area contributed by atoms with Crippen LogP contribution in [-0.4, -0.2) is 32.8 Å². The quantitative estimate of drug-likeness (QED) is 0.247. The first kappa shape index (κ1) is 26.5. The van der Waals surface area contributed by atoms with E-state index in [1.807, 2.05) is 12.1 Å². The predicted molar refractivity (Wildman–Crippen MR) is 152 cm³/mol. The van der Waals surface area contributed by atoms with E-state index in [-0.39, 0.29) is 5.04 Å². The lowest BCUT2D eigenvalue weighted by atomic mass is 9.99. The summed E-state index contributed by atoms with van der Waals surface area (Å²) in [5, 5.41) is 1.47. The first-order valence-corrected chi connectivity index (χ1v) is 15.9. The van der Waals surface area contributed by atoms with E-state index in [2.05, 4.69) is 69.7 Å². The summed E-state index contributed by atoms with van der Waals surface area (Å²) in [5.41, 5.74) is 7.48. The number of aryl methyl sites for hydroxylation is 2. The van der Waals surface area contributed by atoms with Crippen LogP contribution in [0.15, 0.2) is 41.4 Å². The smallest absolute Gasteiger partial charge is 0.192 e. The SMILES string of the molecule is COc1ccc(C/N=C2\CCCCc3cc4c(cc32)cc(CO[Si](C)(C)C(C)(C)C)n4C)c(OC)c1. The van der Waals surface area contributed by atoms with Gasteiger partial charge in [0.1, 0.15) is 11.5 Å². The Balaban J connectivity index is 1.65. The van der Waals surface area contributed by atoms with Crippen LogP contribution in [0.2, 0.25) is 18.1 Å². The molecular weight excluding hydrogens is 464 g/mol. The second-order valence-corrected chi connectivity index (χ2v) is 16.3. The molecule has 0 aliphatic heterocycles. The molecule has 0 unspecified atom stereocenters. The van der Waals surface area contributed by atoms with Crippen molar-refractivity contribution in [3.63, 3.8) is 0 Å². The molecule has 0 bridgehead atoms. The van der Waals surface area contributed by atoms with Gasteiger partial charge in [-0.2, -0.15) is 0 Å². The number of hydrogen-bond donors (Lipinski definition) is 0. The fraction of sp³-hybridized carbons (Fsp3) is 0.500. The number of fused-ring (bicyclic) bond motifs is 2. The van der Waals surface area contributed by atoms with Crippen molar-refractivity contribution in [2.75, 3.05) is 14.2 Å². The van der Waals surface area contributed by atoms with E-state index in [9.17, 15) is 0 Å². The van der Waals surface area contributed by atoms with Crippen molar-refractivity contribution in [3.8, 4) is 11.5 Å². The van der Waals surface area contributed by atoms with Crippen LogP contribution < -0.4 is 9.47 Å². The summed E-state index contributed by atoms with van der Waals surface area (Å²) in [6.45, 7) is 12.8. The van der Waals surface area contributed by atoms with Gasteiger partial charge < -0.3 is 18.5 Å². The number of aromatic nitrogens is 1. The van der Waals surface area contributed by atoms with Gasteiger partial charge in [0, 0.05) is 41.0 Å². The van der Waals surface area contributed by atoms with Gasteiger partial charge >= 0.3 is 0 Å². The third kappa shape index (κ3) is 5.40. The van der Waals surface area contributed by atoms with E-state index in [0.717, 1.165) is 36.3 Å². The molecule has 0 amide bonds. The fourth-order valence-electron chi connectivity index (χ4n) is 4.64. The zero-order valence-corrected chi connectivity index (χ0v) is 24.3. The highest BCUT2D eigenvalue weighted by atomic mass is 28.4. The zero-order chi connectivity index (χ0) is 26.1. The number of nitrogens with zero attached hydrogens (tertiary/aromatic N) is 2. The maximum Gasteiger partial charge on any atom is 0.192 e. The lowest BCUT2D eigenvalue weighted by Crippen LogP contribution is -2.40. The van der Waals surface area contributed by atoms with Crippen molar-refractivity contribution in [1.82, 2.24) is 4.57 Å². The van der Waals surface area contributed by atoms with Crippen molar-refractivity contribution in [2.45, 2.75) is 77.7 Å². The summed E-state index contributed by atoms with van der Waals surface area (Å²) >= 11 is 0. The summed E-state index contributed by atoms with van der Waals surface area (Å²) in [4.78, 5) is 5.12. The minimum absolute atomic E-state index is 0.201. The molecule has 194 valence electrons. The van der Waals surface area contributed by atoms with Crippen molar-refractivity contribution in [3.05, 3.63) is 58.8 Å². The van der Waals surface area contributed by atoms with Crippen LogP contribution in [0.25, 0.3) is 10.9 Å². The van der Waals surface area contributed by atoms with Crippen LogP contribution >= 0.6 is 0 Å². The Morgan fingerprint density at radius 3 is 2.42 bits per heavy atom. The number of benzene rings is 2. The third-order valence-corrected chi connectivity index (χ3v) is 12.6. The molecule has 0 atom stereocenters. The van der Waals surface area contributed by atoms with Gasteiger partial charge in [0.2, 0.25) is 0 Å². The van der Waals surface area contributed by atoms with Crippen LogP contribution in [-0.2, 0) is 31.0 Å². The molecular formula is C30H42N2O3Si. The summed E-state index contributed by atoms with van der Waals surface area (Å²) in [6, 6.07) is 13.0. The molecule has 1 aliphatic carbocycles. The van der Waals surface area contributed by atoms with E-state index in [1.165, 1.54) is 39.9 Å². The maximum absolute atomic E-state index is 6.56. The van der Waals surface area contributed by atoms with Gasteiger partial charge in [-0.1, -0.05) is 20.8 Å². The molecule has 0 fully saturated rings. The van der Waals surface area contributed by atoms with Gasteiger partial charge in [-0.3, -0.25) is 4.99 Å². The molecule has 3 aromatic rings. The lowest BCUT2D eigenvalue weighted by molar-refractivity contribution is 0.269. The maximum atomic E-state index is 6.56. The summed E-state index contributed by atoms with van der Waals surface area (Å²) < 4.78 is 19.8. The molecule has 0 saturated carbocycles. The predicted octanol–water partition coefficient (Wildman–Crippen LogP) is 7.43. The van der Waals surface area contributed by atoms with Gasteiger partial charge in [-0.15, -0.1) is 0 Å². The molecule has 1 aliphatic rings. The highest BCUT2D eigenvalue weighted by Crippen LogP contribution is 2.37. The number of rotatable bonds is 7. The van der Waals surface area contributed by atoms with Crippen LogP contribution in [0.3, 0.4) is 0 Å². The first-order chi connectivity index (χ1) is 17.0. The van der Waals surface area contributed by atoms with E-state index in [0.29, 0.717) is 13.2 Å². The van der Waals surface area contributed by atoms with E-state index in [4.69, 9.17) is 18.9 Å². The Kier molecular flexibility index (Phi) is 7.67. The third-order valence-electron chi connectivity index (χ3n) is 8.11. The van der Waals surface area contributed by atoms with E-state index in [1.54, 1.807) is 14.2 Å². The van der Waals surface area contributed by atoms with E-state index >= 15 is 0 Å². The van der Waals surface area contributed by atoms with Gasteiger partial charge in [0.15, 0.2) is 8.32 Å². The van der Waals surface area contributed by atoms with Crippen molar-refractivity contribution >= 4 is 24.9 Å². The number of aliphatic imine (C=N–C) groups is 1. The molecule has 0 spiro atoms. The number of ether oxygens (including phenoxy) is 2. The summed E-state index contributed by atoms with van der Waals surface area (Å²) in [7, 11) is 3.73. The average molecular weight is 507 g/mol. The summed E-state index contributed by atoms with van der Waals surface area (Å²) in [6.07, 6.45) is 4.45. The van der Waals surface area contributed by atoms with Gasteiger partial charge in [-0.25, -0.2) is 0 Å². The van der Waals surface area contributed by atoms with Crippen molar-refractivity contribution in [1.29, 1.82) is 0 Å². The van der Waals surface area contributed by atoms with Crippen LogP contribution in [0, 0.1) is 0 Å². The van der Waals surface area contributed by atoms with Gasteiger partial charge in [0.05, 0.1) is 27.4 Å². The molecule has 0 saturated heterocycles. The minimum atomic E-state index is -1.81. The first-order valence-electron chi connectivity index (χ1n) is 13.0. The Morgan fingerprint density at radius 1 is 0.972 bits per heavy atom. The van der Waals surface area contributed by atoms with E-state index < -0.39 is 8.32 Å². The number of hydrogen-bond acceptors (Lipinski definition) is 4. The Bertz CT molecular complexity index is 1270.